The van der Waals surface area contributed by atoms with E-state index in [2.05, 4.69) is 4.99 Å². The summed E-state index contributed by atoms with van der Waals surface area (Å²) in [6.45, 7) is 1.25. The number of hydrogen-bond acceptors (Lipinski definition) is 3. The highest BCUT2D eigenvalue weighted by Crippen LogP contribution is 2.12. The average Bonchev–Trinajstić information content (AvgIpc) is 2.70. The lowest BCUT2D eigenvalue weighted by Crippen LogP contribution is -2.12. The molecule has 1 aliphatic rings. The Balaban J connectivity index is 1.95. The topological polar surface area (TPSA) is 47.6 Å². The summed E-state index contributed by atoms with van der Waals surface area (Å²) in [4.78, 5) is 4.42. The molecule has 0 aliphatic carbocycles. The van der Waals surface area contributed by atoms with Gasteiger partial charge in [-0.05, 0) is 30.7 Å². The van der Waals surface area contributed by atoms with Gasteiger partial charge in [0.15, 0.2) is 5.90 Å². The highest BCUT2D eigenvalue weighted by atomic mass is 19.1. The second-order valence-electron chi connectivity index (χ2n) is 3.87. The Kier molecular flexibility index (Phi) is 3.51. The highest BCUT2D eigenvalue weighted by Gasteiger charge is 2.17. The van der Waals surface area contributed by atoms with E-state index in [0.717, 1.165) is 17.9 Å². The fourth-order valence-electron chi connectivity index (χ4n) is 1.68. The summed E-state index contributed by atoms with van der Waals surface area (Å²) in [5.41, 5.74) is 6.46. The van der Waals surface area contributed by atoms with Crippen LogP contribution in [0, 0.1) is 5.82 Å². The van der Waals surface area contributed by atoms with Crippen molar-refractivity contribution in [3.8, 4) is 0 Å². The van der Waals surface area contributed by atoms with Crippen LogP contribution in [0.1, 0.15) is 12.0 Å². The maximum atomic E-state index is 12.7. The van der Waals surface area contributed by atoms with Gasteiger partial charge in [-0.1, -0.05) is 12.1 Å². The van der Waals surface area contributed by atoms with Crippen molar-refractivity contribution in [2.24, 2.45) is 10.7 Å². The van der Waals surface area contributed by atoms with Gasteiger partial charge in [-0.2, -0.15) is 0 Å². The Morgan fingerprint density at radius 2 is 2.12 bits per heavy atom. The first-order valence-corrected chi connectivity index (χ1v) is 5.42. The van der Waals surface area contributed by atoms with Crippen molar-refractivity contribution < 1.29 is 9.13 Å². The third-order valence-corrected chi connectivity index (χ3v) is 2.54. The molecule has 0 amide bonds. The van der Waals surface area contributed by atoms with Gasteiger partial charge >= 0.3 is 0 Å². The molecule has 1 aromatic carbocycles. The second kappa shape index (κ2) is 5.07. The molecule has 1 aromatic rings. The van der Waals surface area contributed by atoms with Gasteiger partial charge in [0.2, 0.25) is 0 Å². The van der Waals surface area contributed by atoms with Crippen molar-refractivity contribution in [2.75, 3.05) is 13.2 Å². The smallest absolute Gasteiger partial charge is 0.188 e. The molecule has 3 nitrogen and oxygen atoms in total. The highest BCUT2D eigenvalue weighted by molar-refractivity contribution is 5.80. The average molecular weight is 222 g/mol. The number of nitrogens with zero attached hydrogens (tertiary/aromatic N) is 1. The zero-order chi connectivity index (χ0) is 11.4. The molecule has 86 valence electrons. The van der Waals surface area contributed by atoms with Gasteiger partial charge in [-0.15, -0.1) is 0 Å². The summed E-state index contributed by atoms with van der Waals surface area (Å²) in [5, 5.41) is 0. The SMILES string of the molecule is NCCC1COC(Cc2ccc(F)cc2)=N1. The minimum absolute atomic E-state index is 0.195. The molecule has 0 fully saturated rings. The molecule has 1 unspecified atom stereocenters. The molecule has 1 atom stereocenters. The van der Waals surface area contributed by atoms with Crippen molar-refractivity contribution in [2.45, 2.75) is 18.9 Å². The predicted molar refractivity (Wildman–Crippen MR) is 61.0 cm³/mol. The van der Waals surface area contributed by atoms with Gasteiger partial charge in [-0.3, -0.25) is 0 Å². The Morgan fingerprint density at radius 1 is 1.38 bits per heavy atom. The van der Waals surface area contributed by atoms with Crippen LogP contribution in [-0.2, 0) is 11.2 Å². The van der Waals surface area contributed by atoms with E-state index in [1.54, 1.807) is 12.1 Å². The molecule has 0 saturated carbocycles. The minimum Gasteiger partial charge on any atom is -0.478 e. The van der Waals surface area contributed by atoms with E-state index < -0.39 is 0 Å². The van der Waals surface area contributed by atoms with Gasteiger partial charge in [0.25, 0.3) is 0 Å². The number of hydrogen-bond donors (Lipinski definition) is 1. The molecule has 0 aromatic heterocycles. The van der Waals surface area contributed by atoms with Crippen molar-refractivity contribution in [3.63, 3.8) is 0 Å². The molecule has 2 N–H and O–H groups in total. The van der Waals surface area contributed by atoms with Crippen LogP contribution in [0.2, 0.25) is 0 Å². The van der Waals surface area contributed by atoms with Crippen LogP contribution in [0.15, 0.2) is 29.3 Å². The van der Waals surface area contributed by atoms with Gasteiger partial charge in [0.05, 0.1) is 6.04 Å². The third-order valence-electron chi connectivity index (χ3n) is 2.54. The zero-order valence-corrected chi connectivity index (χ0v) is 9.03. The van der Waals surface area contributed by atoms with Crippen LogP contribution in [0.3, 0.4) is 0 Å². The van der Waals surface area contributed by atoms with Crippen LogP contribution < -0.4 is 5.73 Å². The minimum atomic E-state index is -0.223. The monoisotopic (exact) mass is 222 g/mol. The lowest BCUT2D eigenvalue weighted by Gasteiger charge is -2.01. The number of benzene rings is 1. The second-order valence-corrected chi connectivity index (χ2v) is 3.87. The fourth-order valence-corrected chi connectivity index (χ4v) is 1.68. The van der Waals surface area contributed by atoms with E-state index >= 15 is 0 Å². The van der Waals surface area contributed by atoms with Crippen LogP contribution in [0.25, 0.3) is 0 Å². The van der Waals surface area contributed by atoms with E-state index in [-0.39, 0.29) is 11.9 Å². The fraction of sp³-hybridized carbons (Fsp3) is 0.417. The molecule has 0 saturated heterocycles. The molecule has 1 heterocycles. The number of nitrogens with two attached hydrogens (primary N) is 1. The van der Waals surface area contributed by atoms with E-state index in [4.69, 9.17) is 10.5 Å². The molecule has 1 aliphatic heterocycles. The van der Waals surface area contributed by atoms with Crippen molar-refractivity contribution in [1.29, 1.82) is 0 Å². The Hall–Kier alpha value is -1.42. The van der Waals surface area contributed by atoms with Crippen LogP contribution in [0.4, 0.5) is 4.39 Å². The Morgan fingerprint density at radius 3 is 2.81 bits per heavy atom. The summed E-state index contributed by atoms with van der Waals surface area (Å²) in [5.74, 6) is 0.504. The van der Waals surface area contributed by atoms with E-state index in [9.17, 15) is 4.39 Å². The van der Waals surface area contributed by atoms with Gasteiger partial charge in [0, 0.05) is 6.42 Å². The maximum Gasteiger partial charge on any atom is 0.188 e. The molecular weight excluding hydrogens is 207 g/mol. The van der Waals surface area contributed by atoms with Crippen LogP contribution in [0.5, 0.6) is 0 Å². The molecule has 16 heavy (non-hydrogen) atoms. The Labute approximate surface area is 94.1 Å². The lowest BCUT2D eigenvalue weighted by molar-refractivity contribution is 0.307. The molecule has 0 radical (unpaired) electrons. The van der Waals surface area contributed by atoms with Crippen LogP contribution in [-0.4, -0.2) is 25.1 Å². The molecular formula is C12H15FN2O. The zero-order valence-electron chi connectivity index (χ0n) is 9.03. The summed E-state index contributed by atoms with van der Waals surface area (Å²) >= 11 is 0. The van der Waals surface area contributed by atoms with Crippen LogP contribution >= 0.6 is 0 Å². The summed E-state index contributed by atoms with van der Waals surface area (Å²) in [6.07, 6.45) is 1.48. The Bertz CT molecular complexity index is 375. The van der Waals surface area contributed by atoms with Gasteiger partial charge < -0.3 is 10.5 Å². The van der Waals surface area contributed by atoms with Crippen molar-refractivity contribution in [1.82, 2.24) is 0 Å². The van der Waals surface area contributed by atoms with E-state index in [1.165, 1.54) is 12.1 Å². The maximum absolute atomic E-state index is 12.7. The predicted octanol–water partition coefficient (Wildman–Crippen LogP) is 1.51. The van der Waals surface area contributed by atoms with Crippen molar-refractivity contribution >= 4 is 5.90 Å². The molecule has 2 rings (SSSR count). The standard InChI is InChI=1S/C12H15FN2O/c13-10-3-1-9(2-4-10)7-12-15-11(5-6-14)8-16-12/h1-4,11H,5-8,14H2. The molecule has 0 bridgehead atoms. The lowest BCUT2D eigenvalue weighted by atomic mass is 10.1. The molecule has 0 spiro atoms. The summed E-state index contributed by atoms with van der Waals surface area (Å²) in [6, 6.07) is 6.58. The number of aliphatic imine (C=N–C) groups is 1. The first kappa shape index (κ1) is 11.1. The number of halogens is 1. The first-order valence-electron chi connectivity index (χ1n) is 5.42. The van der Waals surface area contributed by atoms with E-state index in [1.807, 2.05) is 0 Å². The van der Waals surface area contributed by atoms with Gasteiger partial charge in [0.1, 0.15) is 12.4 Å². The normalized spacial score (nSPS) is 19.4. The third kappa shape index (κ3) is 2.79. The largest absolute Gasteiger partial charge is 0.478 e. The van der Waals surface area contributed by atoms with Gasteiger partial charge in [-0.25, -0.2) is 9.38 Å². The molecule has 4 heteroatoms. The number of ether oxygens (including phenoxy) is 1. The quantitative estimate of drug-likeness (QED) is 0.839. The number of rotatable bonds is 4. The summed E-state index contributed by atoms with van der Waals surface area (Å²) in [7, 11) is 0. The first-order chi connectivity index (χ1) is 7.78. The van der Waals surface area contributed by atoms with Crippen molar-refractivity contribution in [3.05, 3.63) is 35.6 Å². The van der Waals surface area contributed by atoms with E-state index in [0.29, 0.717) is 19.6 Å². The summed E-state index contributed by atoms with van der Waals surface area (Å²) < 4.78 is 18.1.